The first kappa shape index (κ1) is 12.7. The van der Waals surface area contributed by atoms with Crippen molar-refractivity contribution in [2.75, 3.05) is 24.8 Å². The lowest BCUT2D eigenvalue weighted by molar-refractivity contribution is 0.0968. The van der Waals surface area contributed by atoms with E-state index in [1.807, 2.05) is 6.26 Å². The zero-order valence-electron chi connectivity index (χ0n) is 8.92. The van der Waals surface area contributed by atoms with E-state index in [9.17, 15) is 4.79 Å². The van der Waals surface area contributed by atoms with Gasteiger partial charge in [-0.25, -0.2) is 0 Å². The van der Waals surface area contributed by atoms with Crippen molar-refractivity contribution < 1.29 is 4.79 Å². The Bertz CT molecular complexity index is 362. The van der Waals surface area contributed by atoms with Gasteiger partial charge in [0, 0.05) is 7.05 Å². The molecule has 0 aliphatic rings. The number of carbonyl (C=O) groups excluding carboxylic acids is 1. The molecule has 1 aromatic heterocycles. The highest BCUT2D eigenvalue weighted by atomic mass is 32.2. The molecule has 3 nitrogen and oxygen atoms in total. The topological polar surface area (TPSA) is 55.1 Å². The average Bonchev–Trinajstić information content (AvgIpc) is 2.55. The third kappa shape index (κ3) is 2.62. The SMILES string of the molecule is CCSc1sc(C(=O)NC)c(N)c1SC. The number of rotatable bonds is 4. The van der Waals surface area contributed by atoms with Crippen molar-refractivity contribution in [2.45, 2.75) is 16.0 Å². The van der Waals surface area contributed by atoms with Crippen LogP contribution in [0.5, 0.6) is 0 Å². The predicted molar refractivity (Wildman–Crippen MR) is 70.3 cm³/mol. The minimum atomic E-state index is -0.101. The maximum Gasteiger partial charge on any atom is 0.263 e. The summed E-state index contributed by atoms with van der Waals surface area (Å²) in [5.74, 6) is 0.886. The fraction of sp³-hybridized carbons (Fsp3) is 0.444. The maximum atomic E-state index is 11.5. The third-order valence-corrected chi connectivity index (χ3v) is 5.23. The highest BCUT2D eigenvalue weighted by molar-refractivity contribution is 8.03. The monoisotopic (exact) mass is 262 g/mol. The van der Waals surface area contributed by atoms with E-state index in [0.717, 1.165) is 14.9 Å². The molecule has 0 saturated heterocycles. The van der Waals surface area contributed by atoms with Crippen LogP contribution in [0.15, 0.2) is 9.10 Å². The van der Waals surface area contributed by atoms with Crippen molar-refractivity contribution in [1.82, 2.24) is 5.32 Å². The second-order valence-corrected chi connectivity index (χ2v) is 6.05. The molecule has 3 N–H and O–H groups in total. The van der Waals surface area contributed by atoms with Gasteiger partial charge in [-0.15, -0.1) is 34.9 Å². The summed E-state index contributed by atoms with van der Waals surface area (Å²) in [6.07, 6.45) is 1.98. The lowest BCUT2D eigenvalue weighted by Crippen LogP contribution is -2.17. The van der Waals surface area contributed by atoms with E-state index in [-0.39, 0.29) is 5.91 Å². The molecule has 1 amide bonds. The number of carbonyl (C=O) groups is 1. The van der Waals surface area contributed by atoms with Crippen LogP contribution in [0.4, 0.5) is 5.69 Å². The molecular formula is C9H14N2OS3. The number of hydrogen-bond donors (Lipinski definition) is 2. The molecule has 84 valence electrons. The molecule has 1 heterocycles. The van der Waals surface area contributed by atoms with Crippen molar-refractivity contribution >= 4 is 46.5 Å². The highest BCUT2D eigenvalue weighted by Gasteiger charge is 2.19. The number of thioether (sulfide) groups is 2. The number of hydrogen-bond acceptors (Lipinski definition) is 5. The van der Waals surface area contributed by atoms with E-state index in [2.05, 4.69) is 12.2 Å². The largest absolute Gasteiger partial charge is 0.396 e. The van der Waals surface area contributed by atoms with E-state index in [0.29, 0.717) is 10.6 Å². The molecule has 0 saturated carbocycles. The van der Waals surface area contributed by atoms with Gasteiger partial charge in [0.25, 0.3) is 5.91 Å². The number of nitrogens with one attached hydrogen (secondary N) is 1. The Labute approximate surface area is 102 Å². The van der Waals surface area contributed by atoms with Gasteiger partial charge in [0.05, 0.1) is 14.8 Å². The minimum absolute atomic E-state index is 0.101. The summed E-state index contributed by atoms with van der Waals surface area (Å²) in [5.41, 5.74) is 6.55. The number of nitrogens with two attached hydrogens (primary N) is 1. The van der Waals surface area contributed by atoms with Crippen LogP contribution in [0.1, 0.15) is 16.6 Å². The fourth-order valence-electron chi connectivity index (χ4n) is 1.11. The van der Waals surface area contributed by atoms with Gasteiger partial charge in [0.1, 0.15) is 4.88 Å². The average molecular weight is 262 g/mol. The van der Waals surface area contributed by atoms with Crippen molar-refractivity contribution in [3.8, 4) is 0 Å². The van der Waals surface area contributed by atoms with Gasteiger partial charge in [0.2, 0.25) is 0 Å². The first-order valence-electron chi connectivity index (χ1n) is 4.46. The second kappa shape index (κ2) is 5.67. The highest BCUT2D eigenvalue weighted by Crippen LogP contribution is 2.43. The van der Waals surface area contributed by atoms with Crippen LogP contribution in [-0.4, -0.2) is 25.0 Å². The fourth-order valence-corrected chi connectivity index (χ4v) is 4.60. The lowest BCUT2D eigenvalue weighted by Gasteiger charge is -1.99. The summed E-state index contributed by atoms with van der Waals surface area (Å²) >= 11 is 4.80. The Balaban J connectivity index is 3.14. The van der Waals surface area contributed by atoms with Gasteiger partial charge < -0.3 is 11.1 Å². The van der Waals surface area contributed by atoms with Crippen LogP contribution in [0, 0.1) is 0 Å². The minimum Gasteiger partial charge on any atom is -0.396 e. The van der Waals surface area contributed by atoms with Crippen molar-refractivity contribution in [1.29, 1.82) is 0 Å². The van der Waals surface area contributed by atoms with Crippen molar-refractivity contribution in [3.63, 3.8) is 0 Å². The molecule has 6 heteroatoms. The molecule has 0 aliphatic heterocycles. The first-order chi connectivity index (χ1) is 7.15. The number of thiophene rings is 1. The van der Waals surface area contributed by atoms with Gasteiger partial charge in [-0.05, 0) is 12.0 Å². The van der Waals surface area contributed by atoms with E-state index in [4.69, 9.17) is 5.73 Å². The molecule has 0 bridgehead atoms. The Morgan fingerprint density at radius 3 is 2.73 bits per heavy atom. The summed E-state index contributed by atoms with van der Waals surface area (Å²) in [6, 6.07) is 0. The summed E-state index contributed by atoms with van der Waals surface area (Å²) in [6.45, 7) is 2.09. The van der Waals surface area contributed by atoms with Crippen LogP contribution in [0.3, 0.4) is 0 Å². The third-order valence-electron chi connectivity index (χ3n) is 1.78. The number of nitrogen functional groups attached to an aromatic ring is 1. The van der Waals surface area contributed by atoms with E-state index in [1.165, 1.54) is 11.3 Å². The molecule has 15 heavy (non-hydrogen) atoms. The molecule has 0 aromatic carbocycles. The molecule has 0 aliphatic carbocycles. The Kier molecular flexibility index (Phi) is 4.82. The number of anilines is 1. The molecule has 0 spiro atoms. The van der Waals surface area contributed by atoms with E-state index < -0.39 is 0 Å². The smallest absolute Gasteiger partial charge is 0.263 e. The summed E-state index contributed by atoms with van der Waals surface area (Å²) in [5, 5.41) is 2.60. The maximum absolute atomic E-state index is 11.5. The summed E-state index contributed by atoms with van der Waals surface area (Å²) in [4.78, 5) is 13.2. The van der Waals surface area contributed by atoms with Crippen LogP contribution in [0.2, 0.25) is 0 Å². The summed E-state index contributed by atoms with van der Waals surface area (Å²) < 4.78 is 1.14. The van der Waals surface area contributed by atoms with Gasteiger partial charge in [-0.2, -0.15) is 0 Å². The first-order valence-corrected chi connectivity index (χ1v) is 7.49. The van der Waals surface area contributed by atoms with Gasteiger partial charge >= 0.3 is 0 Å². The van der Waals surface area contributed by atoms with Gasteiger partial charge in [0.15, 0.2) is 0 Å². The Hall–Kier alpha value is -0.330. The van der Waals surface area contributed by atoms with Crippen LogP contribution in [-0.2, 0) is 0 Å². The molecule has 0 unspecified atom stereocenters. The number of amides is 1. The van der Waals surface area contributed by atoms with Crippen molar-refractivity contribution in [2.24, 2.45) is 0 Å². The Morgan fingerprint density at radius 2 is 2.27 bits per heavy atom. The molecular weight excluding hydrogens is 248 g/mol. The van der Waals surface area contributed by atoms with E-state index in [1.54, 1.807) is 30.6 Å². The Morgan fingerprint density at radius 1 is 1.60 bits per heavy atom. The lowest BCUT2D eigenvalue weighted by atomic mass is 10.4. The molecule has 1 aromatic rings. The van der Waals surface area contributed by atoms with Gasteiger partial charge in [-0.3, -0.25) is 4.79 Å². The quantitative estimate of drug-likeness (QED) is 0.819. The van der Waals surface area contributed by atoms with Crippen LogP contribution < -0.4 is 11.1 Å². The summed E-state index contributed by atoms with van der Waals surface area (Å²) in [7, 11) is 1.62. The van der Waals surface area contributed by atoms with Crippen LogP contribution >= 0.6 is 34.9 Å². The molecule has 0 fully saturated rings. The molecule has 0 atom stereocenters. The zero-order valence-corrected chi connectivity index (χ0v) is 11.4. The zero-order chi connectivity index (χ0) is 11.4. The van der Waals surface area contributed by atoms with Gasteiger partial charge in [-0.1, -0.05) is 6.92 Å². The molecule has 0 radical (unpaired) electrons. The predicted octanol–water partition coefficient (Wildman–Crippen LogP) is 2.52. The molecule has 1 rings (SSSR count). The normalized spacial score (nSPS) is 10.3. The van der Waals surface area contributed by atoms with Crippen molar-refractivity contribution in [3.05, 3.63) is 4.88 Å². The second-order valence-electron chi connectivity index (χ2n) is 2.68. The van der Waals surface area contributed by atoms with Crippen LogP contribution in [0.25, 0.3) is 0 Å². The standard InChI is InChI=1S/C9H14N2OS3/c1-4-14-9-7(13-3)5(10)6(15-9)8(12)11-2/h4,10H2,1-3H3,(H,11,12). The van der Waals surface area contributed by atoms with E-state index >= 15 is 0 Å².